The maximum Gasteiger partial charge on any atom is 0.272 e. The molecule has 30 heavy (non-hydrogen) atoms. The van der Waals surface area contributed by atoms with Crippen molar-refractivity contribution in [2.24, 2.45) is 0 Å². The van der Waals surface area contributed by atoms with Crippen LogP contribution in [0.5, 0.6) is 5.75 Å². The highest BCUT2D eigenvalue weighted by molar-refractivity contribution is 7.99. The van der Waals surface area contributed by atoms with Crippen molar-refractivity contribution in [3.05, 3.63) is 54.6 Å². The molecule has 1 amide bonds. The fraction of sp³-hybridized carbons (Fsp3) is 0.211. The van der Waals surface area contributed by atoms with Crippen molar-refractivity contribution in [3.8, 4) is 17.1 Å². The third-order valence-electron chi connectivity index (χ3n) is 4.52. The third kappa shape index (κ3) is 4.32. The fourth-order valence-corrected chi connectivity index (χ4v) is 5.55. The van der Waals surface area contributed by atoms with Crippen LogP contribution in [0.3, 0.4) is 0 Å². The van der Waals surface area contributed by atoms with Crippen LogP contribution in [0.25, 0.3) is 11.4 Å². The number of carbonyl (C=O) groups is 1. The van der Waals surface area contributed by atoms with E-state index in [1.807, 2.05) is 0 Å². The van der Waals surface area contributed by atoms with E-state index in [1.165, 1.54) is 35.0 Å². The number of aromatic amines is 1. The number of rotatable bonds is 5. The molecule has 1 saturated heterocycles. The minimum atomic E-state index is -3.62. The fourth-order valence-electron chi connectivity index (χ4n) is 2.98. The number of H-pyrrole nitrogens is 1. The van der Waals surface area contributed by atoms with Crippen LogP contribution in [-0.2, 0) is 10.0 Å². The van der Waals surface area contributed by atoms with Crippen molar-refractivity contribution in [1.29, 1.82) is 0 Å². The minimum absolute atomic E-state index is 0.0648. The molecule has 0 atom stereocenters. The molecule has 0 bridgehead atoms. The summed E-state index contributed by atoms with van der Waals surface area (Å²) >= 11 is 1.72. The molecule has 3 aromatic rings. The number of nitrogens with one attached hydrogen (secondary N) is 2. The van der Waals surface area contributed by atoms with Gasteiger partial charge in [-0.25, -0.2) is 18.4 Å². The third-order valence-corrected chi connectivity index (χ3v) is 7.34. The van der Waals surface area contributed by atoms with E-state index in [-0.39, 0.29) is 16.3 Å². The number of phenols is 1. The van der Waals surface area contributed by atoms with E-state index in [0.717, 1.165) is 11.5 Å². The zero-order valence-corrected chi connectivity index (χ0v) is 17.4. The van der Waals surface area contributed by atoms with Crippen LogP contribution in [0.2, 0.25) is 0 Å². The molecule has 0 aliphatic carbocycles. The average Bonchev–Trinajstić information content (AvgIpc) is 3.26. The Morgan fingerprint density at radius 2 is 1.90 bits per heavy atom. The topological polar surface area (TPSA) is 128 Å². The van der Waals surface area contributed by atoms with E-state index in [1.54, 1.807) is 30.0 Å². The number of benzene rings is 1. The van der Waals surface area contributed by atoms with Crippen LogP contribution in [0.4, 0.5) is 5.69 Å². The summed E-state index contributed by atoms with van der Waals surface area (Å²) < 4.78 is 26.8. The van der Waals surface area contributed by atoms with Gasteiger partial charge in [-0.1, -0.05) is 12.1 Å². The van der Waals surface area contributed by atoms with Gasteiger partial charge >= 0.3 is 0 Å². The van der Waals surface area contributed by atoms with Crippen LogP contribution < -0.4 is 5.32 Å². The second-order valence-electron chi connectivity index (χ2n) is 6.57. The molecule has 0 saturated carbocycles. The number of thioether (sulfide) groups is 1. The number of aromatic nitrogens is 3. The quantitative estimate of drug-likeness (QED) is 0.549. The predicted molar refractivity (Wildman–Crippen MR) is 114 cm³/mol. The summed E-state index contributed by atoms with van der Waals surface area (Å²) in [6.45, 7) is 0.922. The molecule has 2 aromatic heterocycles. The molecule has 11 heteroatoms. The number of nitrogens with zero attached hydrogens (tertiary/aromatic N) is 3. The van der Waals surface area contributed by atoms with Gasteiger partial charge in [0.05, 0.1) is 18.1 Å². The SMILES string of the molecule is O=C(Nc1cnc(-c2cccc(O)c2)nc1)c1cc(S(=O)(=O)N2CCSCC2)c[nH]1. The molecular formula is C19H19N5O4S2. The van der Waals surface area contributed by atoms with Gasteiger partial charge in [-0.3, -0.25) is 4.79 Å². The number of sulfonamides is 1. The predicted octanol–water partition coefficient (Wildman–Crippen LogP) is 2.17. The lowest BCUT2D eigenvalue weighted by molar-refractivity contribution is 0.102. The van der Waals surface area contributed by atoms with E-state index in [4.69, 9.17) is 0 Å². The normalized spacial score (nSPS) is 15.1. The molecule has 3 heterocycles. The van der Waals surface area contributed by atoms with Gasteiger partial charge in [0.2, 0.25) is 10.0 Å². The van der Waals surface area contributed by atoms with Crippen LogP contribution in [0.1, 0.15) is 10.5 Å². The largest absolute Gasteiger partial charge is 0.508 e. The molecule has 1 aromatic carbocycles. The first-order valence-electron chi connectivity index (χ1n) is 9.12. The van der Waals surface area contributed by atoms with Crippen LogP contribution in [-0.4, -0.2) is 63.3 Å². The highest BCUT2D eigenvalue weighted by Crippen LogP contribution is 2.22. The summed E-state index contributed by atoms with van der Waals surface area (Å²) in [5.41, 5.74) is 1.12. The number of hydrogen-bond donors (Lipinski definition) is 3. The molecule has 0 unspecified atom stereocenters. The van der Waals surface area contributed by atoms with Gasteiger partial charge in [0.1, 0.15) is 16.3 Å². The lowest BCUT2D eigenvalue weighted by atomic mass is 10.2. The van der Waals surface area contributed by atoms with Gasteiger partial charge in [-0.15, -0.1) is 0 Å². The number of phenolic OH excluding ortho intramolecular Hbond substituents is 1. The molecule has 1 aliphatic rings. The number of carbonyl (C=O) groups excluding carboxylic acids is 1. The summed E-state index contributed by atoms with van der Waals surface area (Å²) in [6, 6.07) is 7.86. The van der Waals surface area contributed by atoms with Crippen molar-refractivity contribution in [3.63, 3.8) is 0 Å². The maximum atomic E-state index is 12.7. The van der Waals surface area contributed by atoms with Gasteiger partial charge in [0, 0.05) is 36.4 Å². The molecule has 1 fully saturated rings. The number of aromatic hydroxyl groups is 1. The number of hydrogen-bond acceptors (Lipinski definition) is 7. The average molecular weight is 446 g/mol. The van der Waals surface area contributed by atoms with Crippen molar-refractivity contribution in [2.45, 2.75) is 4.90 Å². The van der Waals surface area contributed by atoms with Crippen LogP contribution in [0.15, 0.2) is 53.8 Å². The van der Waals surface area contributed by atoms with Gasteiger partial charge in [-0.2, -0.15) is 16.1 Å². The Balaban J connectivity index is 1.45. The highest BCUT2D eigenvalue weighted by atomic mass is 32.2. The molecule has 3 N–H and O–H groups in total. The molecule has 4 rings (SSSR count). The van der Waals surface area contributed by atoms with E-state index in [0.29, 0.717) is 30.2 Å². The van der Waals surface area contributed by atoms with Crippen LogP contribution in [0, 0.1) is 0 Å². The second-order valence-corrected chi connectivity index (χ2v) is 9.73. The van der Waals surface area contributed by atoms with Gasteiger partial charge < -0.3 is 15.4 Å². The van der Waals surface area contributed by atoms with Crippen molar-refractivity contribution in [2.75, 3.05) is 29.9 Å². The standard InChI is InChI=1S/C19H19N5O4S2/c25-15-3-1-2-13(8-15)18-21-10-14(11-22-18)23-19(26)17-9-16(12-20-17)30(27,28)24-4-6-29-7-5-24/h1-3,8-12,20,25H,4-7H2,(H,23,26). The highest BCUT2D eigenvalue weighted by Gasteiger charge is 2.27. The lowest BCUT2D eigenvalue weighted by Gasteiger charge is -2.24. The molecule has 156 valence electrons. The molecule has 0 radical (unpaired) electrons. The first-order valence-corrected chi connectivity index (χ1v) is 11.7. The van der Waals surface area contributed by atoms with E-state index in [9.17, 15) is 18.3 Å². The lowest BCUT2D eigenvalue weighted by Crippen LogP contribution is -2.37. The Bertz CT molecular complexity index is 1160. The number of amides is 1. The Kier molecular flexibility index (Phi) is 5.75. The second kappa shape index (κ2) is 8.46. The molecule has 1 aliphatic heterocycles. The van der Waals surface area contributed by atoms with Crippen molar-refractivity contribution < 1.29 is 18.3 Å². The Morgan fingerprint density at radius 3 is 2.60 bits per heavy atom. The Labute approximate surface area is 177 Å². The number of anilines is 1. The van der Waals surface area contributed by atoms with E-state index in [2.05, 4.69) is 20.3 Å². The minimum Gasteiger partial charge on any atom is -0.508 e. The van der Waals surface area contributed by atoms with Crippen LogP contribution >= 0.6 is 11.8 Å². The van der Waals surface area contributed by atoms with Gasteiger partial charge in [0.25, 0.3) is 5.91 Å². The van der Waals surface area contributed by atoms with Crippen molar-refractivity contribution >= 4 is 33.4 Å². The van der Waals surface area contributed by atoms with Crippen molar-refractivity contribution in [1.82, 2.24) is 19.3 Å². The Hall–Kier alpha value is -2.89. The zero-order valence-electron chi connectivity index (χ0n) is 15.8. The molecule has 9 nitrogen and oxygen atoms in total. The summed E-state index contributed by atoms with van der Waals surface area (Å²) in [5, 5.41) is 12.2. The molecular weight excluding hydrogens is 426 g/mol. The summed E-state index contributed by atoms with van der Waals surface area (Å²) in [7, 11) is -3.62. The molecule has 0 spiro atoms. The monoisotopic (exact) mass is 445 g/mol. The Morgan fingerprint density at radius 1 is 1.17 bits per heavy atom. The zero-order chi connectivity index (χ0) is 21.1. The maximum absolute atomic E-state index is 12.7. The summed E-state index contributed by atoms with van der Waals surface area (Å²) in [4.78, 5) is 23.7. The summed E-state index contributed by atoms with van der Waals surface area (Å²) in [6.07, 6.45) is 4.21. The van der Waals surface area contributed by atoms with E-state index >= 15 is 0 Å². The summed E-state index contributed by atoms with van der Waals surface area (Å²) in [5.74, 6) is 1.52. The first-order chi connectivity index (χ1) is 14.4. The smallest absolute Gasteiger partial charge is 0.272 e. The van der Waals surface area contributed by atoms with Gasteiger partial charge in [0.15, 0.2) is 5.82 Å². The first kappa shape index (κ1) is 20.4. The van der Waals surface area contributed by atoms with Gasteiger partial charge in [-0.05, 0) is 18.2 Å². The van der Waals surface area contributed by atoms with E-state index < -0.39 is 15.9 Å².